The van der Waals surface area contributed by atoms with Crippen molar-refractivity contribution in [3.8, 4) is 5.75 Å². The number of thioether (sulfide) groups is 1. The molecule has 8 nitrogen and oxygen atoms in total. The van der Waals surface area contributed by atoms with Crippen LogP contribution in [0.15, 0.2) is 53.4 Å². The average Bonchev–Trinajstić information content (AvgIpc) is 2.99. The van der Waals surface area contributed by atoms with E-state index in [2.05, 4.69) is 5.32 Å². The van der Waals surface area contributed by atoms with Crippen molar-refractivity contribution in [2.45, 2.75) is 6.42 Å². The standard InChI is InChI=1S/C20H17N3O5S2/c1-28-16-9-5-2-6-13(16)12-17-19(25)22(20(29)30-17)11-10-18(24)21-14-7-3-4-8-15(14)23(26)27/h2-9,12H,10-11H2,1H3,(H,21,24)/b17-12-. The van der Waals surface area contributed by atoms with Gasteiger partial charge in [0.1, 0.15) is 15.8 Å². The first-order valence-electron chi connectivity index (χ1n) is 8.82. The first-order chi connectivity index (χ1) is 14.4. The molecule has 0 radical (unpaired) electrons. The maximum absolute atomic E-state index is 12.7. The van der Waals surface area contributed by atoms with Crippen molar-refractivity contribution in [3.63, 3.8) is 0 Å². The van der Waals surface area contributed by atoms with Crippen LogP contribution in [0.5, 0.6) is 5.75 Å². The van der Waals surface area contributed by atoms with Crippen LogP contribution < -0.4 is 10.1 Å². The molecule has 2 aromatic rings. The molecule has 0 spiro atoms. The monoisotopic (exact) mass is 443 g/mol. The van der Waals surface area contributed by atoms with Crippen LogP contribution >= 0.6 is 24.0 Å². The Morgan fingerprint density at radius 2 is 1.97 bits per heavy atom. The van der Waals surface area contributed by atoms with Gasteiger partial charge in [0.25, 0.3) is 11.6 Å². The van der Waals surface area contributed by atoms with Crippen LogP contribution in [0.3, 0.4) is 0 Å². The number of rotatable bonds is 7. The molecular formula is C20H17N3O5S2. The van der Waals surface area contributed by atoms with Crippen LogP contribution in [0.2, 0.25) is 0 Å². The number of ether oxygens (including phenoxy) is 1. The van der Waals surface area contributed by atoms with Crippen molar-refractivity contribution in [2.24, 2.45) is 0 Å². The largest absolute Gasteiger partial charge is 0.496 e. The first kappa shape index (κ1) is 21.5. The smallest absolute Gasteiger partial charge is 0.292 e. The lowest BCUT2D eigenvalue weighted by molar-refractivity contribution is -0.383. The van der Waals surface area contributed by atoms with E-state index in [1.807, 2.05) is 18.2 Å². The third-order valence-electron chi connectivity index (χ3n) is 4.24. The molecule has 0 bridgehead atoms. The summed E-state index contributed by atoms with van der Waals surface area (Å²) in [5.74, 6) is -0.118. The zero-order chi connectivity index (χ0) is 21.7. The number of nitrogens with one attached hydrogen (secondary N) is 1. The zero-order valence-corrected chi connectivity index (χ0v) is 17.5. The molecule has 2 aromatic carbocycles. The van der Waals surface area contributed by atoms with E-state index in [-0.39, 0.29) is 30.2 Å². The molecule has 30 heavy (non-hydrogen) atoms. The van der Waals surface area contributed by atoms with Crippen LogP contribution in [0.25, 0.3) is 6.08 Å². The van der Waals surface area contributed by atoms with Gasteiger partial charge in [0.05, 0.1) is 16.9 Å². The number of methoxy groups -OCH3 is 1. The second-order valence-electron chi connectivity index (χ2n) is 6.15. The number of hydrogen-bond donors (Lipinski definition) is 1. The van der Waals surface area contributed by atoms with Crippen molar-refractivity contribution >= 4 is 57.6 Å². The van der Waals surface area contributed by atoms with E-state index in [0.717, 1.165) is 17.3 Å². The Bertz CT molecular complexity index is 1050. The van der Waals surface area contributed by atoms with Gasteiger partial charge in [-0.1, -0.05) is 54.3 Å². The number of nitro groups is 1. The van der Waals surface area contributed by atoms with Crippen molar-refractivity contribution in [2.75, 3.05) is 19.0 Å². The fourth-order valence-electron chi connectivity index (χ4n) is 2.78. The maximum Gasteiger partial charge on any atom is 0.292 e. The Balaban J connectivity index is 1.66. The van der Waals surface area contributed by atoms with Gasteiger partial charge >= 0.3 is 0 Å². The highest BCUT2D eigenvalue weighted by molar-refractivity contribution is 8.26. The van der Waals surface area contributed by atoms with Gasteiger partial charge in [0.15, 0.2) is 0 Å². The van der Waals surface area contributed by atoms with Gasteiger partial charge in [0.2, 0.25) is 5.91 Å². The minimum absolute atomic E-state index is 0.0551. The van der Waals surface area contributed by atoms with Gasteiger partial charge in [0, 0.05) is 24.6 Å². The minimum atomic E-state index is -0.569. The fourth-order valence-corrected chi connectivity index (χ4v) is 4.08. The topological polar surface area (TPSA) is 102 Å². The second kappa shape index (κ2) is 9.51. The van der Waals surface area contributed by atoms with Gasteiger partial charge in [-0.25, -0.2) is 0 Å². The number of amides is 2. The van der Waals surface area contributed by atoms with E-state index in [1.165, 1.54) is 23.1 Å². The minimum Gasteiger partial charge on any atom is -0.496 e. The Labute approximate surface area is 182 Å². The van der Waals surface area contributed by atoms with Gasteiger partial charge in [-0.05, 0) is 18.2 Å². The number of anilines is 1. The van der Waals surface area contributed by atoms with E-state index < -0.39 is 10.8 Å². The molecule has 2 amide bonds. The Hall–Kier alpha value is -3.24. The molecule has 0 saturated carbocycles. The molecule has 1 saturated heterocycles. The van der Waals surface area contributed by atoms with Crippen LogP contribution in [-0.2, 0) is 9.59 Å². The molecule has 0 atom stereocenters. The number of thiocarbonyl (C=S) groups is 1. The predicted molar refractivity (Wildman–Crippen MR) is 119 cm³/mol. The van der Waals surface area contributed by atoms with E-state index in [4.69, 9.17) is 17.0 Å². The number of hydrogen-bond acceptors (Lipinski definition) is 7. The summed E-state index contributed by atoms with van der Waals surface area (Å²) in [4.78, 5) is 37.2. The van der Waals surface area contributed by atoms with Gasteiger partial charge < -0.3 is 10.1 Å². The lowest BCUT2D eigenvalue weighted by atomic mass is 10.2. The second-order valence-corrected chi connectivity index (χ2v) is 7.82. The fraction of sp³-hybridized carbons (Fsp3) is 0.150. The van der Waals surface area contributed by atoms with E-state index in [9.17, 15) is 19.7 Å². The highest BCUT2D eigenvalue weighted by atomic mass is 32.2. The number of nitro benzene ring substituents is 1. The van der Waals surface area contributed by atoms with E-state index >= 15 is 0 Å². The first-order valence-corrected chi connectivity index (χ1v) is 10.0. The average molecular weight is 444 g/mol. The summed E-state index contributed by atoms with van der Waals surface area (Å²) < 4.78 is 5.64. The zero-order valence-electron chi connectivity index (χ0n) is 15.9. The Kier molecular flexibility index (Phi) is 6.80. The third kappa shape index (κ3) is 4.84. The number of para-hydroxylation sites is 3. The van der Waals surface area contributed by atoms with Crippen molar-refractivity contribution in [3.05, 3.63) is 69.1 Å². The molecule has 3 rings (SSSR count). The summed E-state index contributed by atoms with van der Waals surface area (Å²) in [7, 11) is 1.55. The molecule has 1 fully saturated rings. The van der Waals surface area contributed by atoms with Gasteiger partial charge in [-0.15, -0.1) is 0 Å². The lowest BCUT2D eigenvalue weighted by Crippen LogP contribution is -2.31. The molecule has 0 aliphatic carbocycles. The lowest BCUT2D eigenvalue weighted by Gasteiger charge is -2.14. The number of benzene rings is 2. The molecule has 1 N–H and O–H groups in total. The molecule has 0 aromatic heterocycles. The number of carbonyl (C=O) groups excluding carboxylic acids is 2. The molecule has 10 heteroatoms. The molecular weight excluding hydrogens is 426 g/mol. The molecule has 0 unspecified atom stereocenters. The molecule has 1 heterocycles. The summed E-state index contributed by atoms with van der Waals surface area (Å²) in [6.07, 6.45) is 1.64. The van der Waals surface area contributed by atoms with Gasteiger partial charge in [-0.2, -0.15) is 0 Å². The molecule has 154 valence electrons. The maximum atomic E-state index is 12.7. The van der Waals surface area contributed by atoms with Crippen molar-refractivity contribution in [1.82, 2.24) is 4.90 Å². The number of nitrogens with zero attached hydrogens (tertiary/aromatic N) is 2. The van der Waals surface area contributed by atoms with E-state index in [0.29, 0.717) is 15.0 Å². The summed E-state index contributed by atoms with van der Waals surface area (Å²) in [6.45, 7) is 0.0698. The Morgan fingerprint density at radius 1 is 1.27 bits per heavy atom. The number of carbonyl (C=O) groups is 2. The predicted octanol–water partition coefficient (Wildman–Crippen LogP) is 3.83. The summed E-state index contributed by atoms with van der Waals surface area (Å²) >= 11 is 6.43. The molecule has 1 aliphatic heterocycles. The summed E-state index contributed by atoms with van der Waals surface area (Å²) in [6, 6.07) is 13.1. The van der Waals surface area contributed by atoms with Crippen LogP contribution in [-0.4, -0.2) is 39.6 Å². The highest BCUT2D eigenvalue weighted by Gasteiger charge is 2.32. The summed E-state index contributed by atoms with van der Waals surface area (Å²) in [5.41, 5.74) is 0.653. The molecule has 1 aliphatic rings. The Morgan fingerprint density at radius 3 is 2.70 bits per heavy atom. The normalized spacial score (nSPS) is 14.8. The van der Waals surface area contributed by atoms with Crippen molar-refractivity contribution < 1.29 is 19.2 Å². The van der Waals surface area contributed by atoms with Crippen LogP contribution in [0.1, 0.15) is 12.0 Å². The van der Waals surface area contributed by atoms with Gasteiger partial charge in [-0.3, -0.25) is 24.6 Å². The highest BCUT2D eigenvalue weighted by Crippen LogP contribution is 2.34. The SMILES string of the molecule is COc1ccccc1/C=C1\SC(=S)N(CCC(=O)Nc2ccccc2[N+](=O)[O-])C1=O. The quantitative estimate of drug-likeness (QED) is 0.300. The van der Waals surface area contributed by atoms with Crippen LogP contribution in [0.4, 0.5) is 11.4 Å². The third-order valence-corrected chi connectivity index (χ3v) is 5.61. The van der Waals surface area contributed by atoms with E-state index in [1.54, 1.807) is 25.3 Å². The summed E-state index contributed by atoms with van der Waals surface area (Å²) in [5, 5.41) is 13.6. The van der Waals surface area contributed by atoms with Crippen molar-refractivity contribution in [1.29, 1.82) is 0 Å². The van der Waals surface area contributed by atoms with Crippen LogP contribution in [0, 0.1) is 10.1 Å².